The van der Waals surface area contributed by atoms with Gasteiger partial charge in [0.2, 0.25) is 5.91 Å². The Bertz CT molecular complexity index is 1240. The van der Waals surface area contributed by atoms with Crippen molar-refractivity contribution in [1.29, 1.82) is 0 Å². The molecule has 0 saturated heterocycles. The first-order valence-electron chi connectivity index (χ1n) is 10.8. The van der Waals surface area contributed by atoms with Crippen LogP contribution in [0.1, 0.15) is 19.8 Å². The number of halogens is 3. The summed E-state index contributed by atoms with van der Waals surface area (Å²) in [5.41, 5.74) is 0.632. The van der Waals surface area contributed by atoms with E-state index < -0.39 is 24.7 Å². The second-order valence-electron chi connectivity index (χ2n) is 8.25. The molecule has 34 heavy (non-hydrogen) atoms. The fourth-order valence-corrected chi connectivity index (χ4v) is 4.76. The fourth-order valence-electron chi connectivity index (χ4n) is 3.86. The van der Waals surface area contributed by atoms with Gasteiger partial charge in [-0.3, -0.25) is 14.2 Å². The molecule has 2 aromatic carbocycles. The topological polar surface area (TPSA) is 64.4 Å². The second-order valence-corrected chi connectivity index (χ2v) is 9.20. The van der Waals surface area contributed by atoms with Crippen LogP contribution in [0.25, 0.3) is 16.6 Å². The molecule has 1 atom stereocenters. The van der Waals surface area contributed by atoms with Gasteiger partial charge >= 0.3 is 6.18 Å². The zero-order chi connectivity index (χ0) is 24.5. The van der Waals surface area contributed by atoms with E-state index in [0.717, 1.165) is 29.5 Å². The molecule has 0 N–H and O–H groups in total. The van der Waals surface area contributed by atoms with E-state index in [4.69, 9.17) is 4.74 Å². The molecule has 1 saturated carbocycles. The van der Waals surface area contributed by atoms with E-state index in [-0.39, 0.29) is 22.4 Å². The van der Waals surface area contributed by atoms with Crippen molar-refractivity contribution in [3.63, 3.8) is 0 Å². The Kier molecular flexibility index (Phi) is 6.88. The molecule has 1 heterocycles. The van der Waals surface area contributed by atoms with Crippen LogP contribution in [0.15, 0.2) is 58.5 Å². The maximum Gasteiger partial charge on any atom is 0.406 e. The Balaban J connectivity index is 1.67. The number of aromatic nitrogens is 2. The van der Waals surface area contributed by atoms with Crippen LogP contribution in [-0.2, 0) is 4.79 Å². The Morgan fingerprint density at radius 1 is 1.21 bits per heavy atom. The minimum atomic E-state index is -4.49. The lowest BCUT2D eigenvalue weighted by molar-refractivity contribution is -0.164. The van der Waals surface area contributed by atoms with E-state index in [0.29, 0.717) is 22.3 Å². The lowest BCUT2D eigenvalue weighted by Crippen LogP contribution is -2.46. The van der Waals surface area contributed by atoms with Crippen LogP contribution >= 0.6 is 11.8 Å². The van der Waals surface area contributed by atoms with Gasteiger partial charge in [-0.1, -0.05) is 23.9 Å². The first-order chi connectivity index (χ1) is 16.2. The van der Waals surface area contributed by atoms with Gasteiger partial charge in [-0.15, -0.1) is 0 Å². The van der Waals surface area contributed by atoms with Crippen LogP contribution in [0.4, 0.5) is 13.2 Å². The van der Waals surface area contributed by atoms with Gasteiger partial charge in [0.1, 0.15) is 12.3 Å². The van der Waals surface area contributed by atoms with Crippen molar-refractivity contribution in [2.75, 3.05) is 19.4 Å². The van der Waals surface area contributed by atoms with E-state index in [9.17, 15) is 22.8 Å². The summed E-state index contributed by atoms with van der Waals surface area (Å²) >= 11 is 0.955. The van der Waals surface area contributed by atoms with Crippen molar-refractivity contribution in [1.82, 2.24) is 14.5 Å². The smallest absolute Gasteiger partial charge is 0.406 e. The molecule has 10 heteroatoms. The zero-order valence-electron chi connectivity index (χ0n) is 18.7. The number of fused-ring (bicyclic) bond motifs is 1. The zero-order valence-corrected chi connectivity index (χ0v) is 19.5. The van der Waals surface area contributed by atoms with Crippen LogP contribution in [0, 0.1) is 5.92 Å². The molecule has 1 aliphatic carbocycles. The van der Waals surface area contributed by atoms with Crippen molar-refractivity contribution < 1.29 is 22.7 Å². The molecule has 1 fully saturated rings. The molecular weight excluding hydrogens is 467 g/mol. The highest BCUT2D eigenvalue weighted by Gasteiger charge is 2.40. The monoisotopic (exact) mass is 491 g/mol. The Labute approximate surface area is 198 Å². The number of thioether (sulfide) groups is 1. The quantitative estimate of drug-likeness (QED) is 0.338. The Hall–Kier alpha value is -3.01. The van der Waals surface area contributed by atoms with E-state index in [1.165, 1.54) is 11.7 Å². The number of amides is 1. The molecule has 1 aliphatic rings. The van der Waals surface area contributed by atoms with Crippen molar-refractivity contribution in [3.8, 4) is 11.4 Å². The summed E-state index contributed by atoms with van der Waals surface area (Å²) in [6, 6.07) is 13.1. The van der Waals surface area contributed by atoms with E-state index >= 15 is 0 Å². The molecule has 0 spiro atoms. The molecule has 0 unspecified atom stereocenters. The molecule has 4 rings (SSSR count). The number of ether oxygens (including phenoxy) is 1. The van der Waals surface area contributed by atoms with Gasteiger partial charge in [-0.25, -0.2) is 4.98 Å². The molecule has 1 aromatic heterocycles. The van der Waals surface area contributed by atoms with E-state index in [1.54, 1.807) is 55.5 Å². The molecule has 180 valence electrons. The highest BCUT2D eigenvalue weighted by molar-refractivity contribution is 7.99. The number of hydrogen-bond acceptors (Lipinski definition) is 5. The normalized spacial score (nSPS) is 14.7. The lowest BCUT2D eigenvalue weighted by atomic mass is 10.2. The molecule has 3 aromatic rings. The van der Waals surface area contributed by atoms with Gasteiger partial charge in [-0.2, -0.15) is 13.2 Å². The maximum atomic E-state index is 13.3. The summed E-state index contributed by atoms with van der Waals surface area (Å²) in [5, 5.41) is 0.628. The lowest BCUT2D eigenvalue weighted by Gasteiger charge is -2.30. The summed E-state index contributed by atoms with van der Waals surface area (Å²) in [6.45, 7) is 0.369. The number of nitrogens with zero attached hydrogens (tertiary/aromatic N) is 3. The second kappa shape index (κ2) is 9.69. The van der Waals surface area contributed by atoms with Crippen LogP contribution in [-0.4, -0.2) is 52.0 Å². The van der Waals surface area contributed by atoms with Gasteiger partial charge in [-0.05, 0) is 62.1 Å². The molecule has 0 aliphatic heterocycles. The van der Waals surface area contributed by atoms with Crippen LogP contribution in [0.2, 0.25) is 0 Å². The first kappa shape index (κ1) is 24.1. The number of rotatable bonds is 8. The van der Waals surface area contributed by atoms with Crippen molar-refractivity contribution in [2.24, 2.45) is 5.92 Å². The highest BCUT2D eigenvalue weighted by atomic mass is 32.2. The third-order valence-electron chi connectivity index (χ3n) is 5.87. The van der Waals surface area contributed by atoms with Gasteiger partial charge in [0.25, 0.3) is 5.56 Å². The Morgan fingerprint density at radius 3 is 2.50 bits per heavy atom. The predicted molar refractivity (Wildman–Crippen MR) is 125 cm³/mol. The largest absolute Gasteiger partial charge is 0.497 e. The number of benzene rings is 2. The highest BCUT2D eigenvalue weighted by Crippen LogP contribution is 2.36. The summed E-state index contributed by atoms with van der Waals surface area (Å²) < 4.78 is 46.1. The van der Waals surface area contributed by atoms with Crippen LogP contribution in [0.5, 0.6) is 5.75 Å². The number of carbonyl (C=O) groups excluding carboxylic acids is 1. The first-order valence-corrected chi connectivity index (χ1v) is 11.8. The number of methoxy groups -OCH3 is 1. The molecule has 1 amide bonds. The van der Waals surface area contributed by atoms with Crippen molar-refractivity contribution >= 4 is 28.6 Å². The summed E-state index contributed by atoms with van der Waals surface area (Å²) in [7, 11) is 1.53. The minimum absolute atomic E-state index is 0.0903. The predicted octanol–water partition coefficient (Wildman–Crippen LogP) is 4.68. The minimum Gasteiger partial charge on any atom is -0.497 e. The number of carbonyl (C=O) groups is 1. The van der Waals surface area contributed by atoms with E-state index in [1.807, 2.05) is 0 Å². The van der Waals surface area contributed by atoms with Crippen LogP contribution < -0.4 is 10.3 Å². The van der Waals surface area contributed by atoms with Crippen molar-refractivity contribution in [2.45, 2.75) is 37.1 Å². The summed E-state index contributed by atoms with van der Waals surface area (Å²) in [5.74, 6) is -0.210. The number of hydrogen-bond donors (Lipinski definition) is 0. The third kappa shape index (κ3) is 5.38. The van der Waals surface area contributed by atoms with Gasteiger partial charge in [0, 0.05) is 6.04 Å². The molecule has 0 radical (unpaired) electrons. The molecule has 0 bridgehead atoms. The SMILES string of the molecule is COc1ccc(-n2c(SCC(=O)N(CC(F)(F)F)[C@H](C)C3CC3)nc3ccccc3c2=O)cc1. The van der Waals surface area contributed by atoms with Gasteiger partial charge in [0.05, 0.1) is 29.5 Å². The number of alkyl halides is 3. The van der Waals surface area contributed by atoms with Crippen LogP contribution in [0.3, 0.4) is 0 Å². The van der Waals surface area contributed by atoms with Crippen molar-refractivity contribution in [3.05, 3.63) is 58.9 Å². The Morgan fingerprint density at radius 2 is 1.88 bits per heavy atom. The summed E-state index contributed by atoms with van der Waals surface area (Å²) in [6.07, 6.45) is -2.85. The van der Waals surface area contributed by atoms with E-state index in [2.05, 4.69) is 4.98 Å². The molecule has 6 nitrogen and oxygen atoms in total. The fraction of sp³-hybridized carbons (Fsp3) is 0.375. The standard InChI is InChI=1S/C24H24F3N3O3S/c1-15(16-7-8-16)29(14-24(25,26)27)21(31)13-34-23-28-20-6-4-3-5-19(20)22(32)30(23)17-9-11-18(33-2)12-10-17/h3-6,9-12,15-16H,7-8,13-14H2,1-2H3/t15-/m1/s1. The van der Waals surface area contributed by atoms with Gasteiger partial charge in [0.15, 0.2) is 5.16 Å². The average molecular weight is 492 g/mol. The number of para-hydroxylation sites is 1. The maximum absolute atomic E-state index is 13.3. The van der Waals surface area contributed by atoms with Gasteiger partial charge < -0.3 is 9.64 Å². The third-order valence-corrected chi connectivity index (χ3v) is 6.79. The molecular formula is C24H24F3N3O3S. The summed E-state index contributed by atoms with van der Waals surface area (Å²) in [4.78, 5) is 31.7. The average Bonchev–Trinajstić information content (AvgIpc) is 3.66.